The highest BCUT2D eigenvalue weighted by Gasteiger charge is 2.24. The number of hydrazone groups is 1. The van der Waals surface area contributed by atoms with Gasteiger partial charge < -0.3 is 14.9 Å². The summed E-state index contributed by atoms with van der Waals surface area (Å²) in [6, 6.07) is 9.29. The topological polar surface area (TPSA) is 153 Å². The number of halogens is 1. The van der Waals surface area contributed by atoms with Gasteiger partial charge in [-0.3, -0.25) is 4.79 Å². The molecule has 1 aliphatic rings. The number of amides is 1. The van der Waals surface area contributed by atoms with Gasteiger partial charge in [-0.15, -0.1) is 20.4 Å². The van der Waals surface area contributed by atoms with Crippen LogP contribution in [0.2, 0.25) is 0 Å². The van der Waals surface area contributed by atoms with Crippen LogP contribution in [0.1, 0.15) is 48.4 Å². The SMILES string of the molecule is CCOc1ccc(C2=NN(C(=O)c3ccc(N=NC(=C=[N-])c4nn[nH]n4)cc3F)CCC2)cc1OCC. The number of nitrogens with zero attached hydrogens (tertiary/aromatic N) is 8. The van der Waals surface area contributed by atoms with Gasteiger partial charge in [0.25, 0.3) is 5.91 Å². The average Bonchev–Trinajstić information content (AvgIpc) is 3.45. The fraction of sp³-hybridized carbons (Fsp3) is 0.292. The molecule has 12 nitrogen and oxygen atoms in total. The summed E-state index contributed by atoms with van der Waals surface area (Å²) in [5.74, 6) is 1.60. The van der Waals surface area contributed by atoms with E-state index >= 15 is 0 Å². The lowest BCUT2D eigenvalue weighted by molar-refractivity contribution is 0.0747. The zero-order valence-corrected chi connectivity index (χ0v) is 20.2. The maximum atomic E-state index is 14.9. The standard InChI is InChI=1S/C24H23FN9O3/c1-3-36-21-10-7-15(12-22(21)37-4-2)19-6-5-11-34(31-19)24(35)17-9-8-16(13-18(17)25)27-28-20(14-26)23-29-32-33-30-23/h7-10,12-13H,3-6,11H2,1-2H3,(H,29,30,32,33)/q-1. The highest BCUT2D eigenvalue weighted by Crippen LogP contribution is 2.30. The Kier molecular flexibility index (Phi) is 8.06. The third kappa shape index (κ3) is 5.90. The first-order valence-electron chi connectivity index (χ1n) is 11.6. The van der Waals surface area contributed by atoms with Crippen molar-refractivity contribution in [2.24, 2.45) is 15.3 Å². The van der Waals surface area contributed by atoms with Gasteiger partial charge in [0.1, 0.15) is 5.82 Å². The molecule has 1 N–H and O–H groups in total. The number of aromatic nitrogens is 4. The molecule has 4 rings (SSSR count). The molecular formula is C24H23FN9O3-. The summed E-state index contributed by atoms with van der Waals surface area (Å²) in [5, 5.41) is 35.3. The maximum Gasteiger partial charge on any atom is 0.276 e. The number of nitrogens with one attached hydrogen (secondary N) is 1. The van der Waals surface area contributed by atoms with Crippen LogP contribution in [0.3, 0.4) is 0 Å². The Morgan fingerprint density at radius 3 is 2.70 bits per heavy atom. The predicted molar refractivity (Wildman–Crippen MR) is 132 cm³/mol. The first kappa shape index (κ1) is 25.3. The minimum absolute atomic E-state index is 0.0433. The van der Waals surface area contributed by atoms with Crippen molar-refractivity contribution in [3.63, 3.8) is 0 Å². The Morgan fingerprint density at radius 2 is 2.00 bits per heavy atom. The average molecular weight is 505 g/mol. The summed E-state index contributed by atoms with van der Waals surface area (Å²) in [6.07, 6.45) is 1.32. The third-order valence-electron chi connectivity index (χ3n) is 5.25. The van der Waals surface area contributed by atoms with Gasteiger partial charge in [-0.1, -0.05) is 0 Å². The number of hydrogen-bond acceptors (Lipinski definition) is 9. The van der Waals surface area contributed by atoms with Crippen LogP contribution in [0.15, 0.2) is 51.7 Å². The molecule has 37 heavy (non-hydrogen) atoms. The predicted octanol–water partition coefficient (Wildman–Crippen LogP) is 4.14. The minimum Gasteiger partial charge on any atom is -0.761 e. The number of ether oxygens (including phenoxy) is 2. The van der Waals surface area contributed by atoms with Crippen molar-refractivity contribution in [2.75, 3.05) is 19.8 Å². The van der Waals surface area contributed by atoms with Gasteiger partial charge in [0.2, 0.25) is 5.82 Å². The van der Waals surface area contributed by atoms with Gasteiger partial charge >= 0.3 is 0 Å². The molecule has 2 heterocycles. The van der Waals surface area contributed by atoms with Crippen LogP contribution in [0.25, 0.3) is 11.1 Å². The molecule has 2 aromatic carbocycles. The van der Waals surface area contributed by atoms with E-state index in [-0.39, 0.29) is 22.8 Å². The van der Waals surface area contributed by atoms with E-state index in [1.54, 1.807) is 5.87 Å². The third-order valence-corrected chi connectivity index (χ3v) is 5.25. The van der Waals surface area contributed by atoms with Gasteiger partial charge in [-0.25, -0.2) is 15.3 Å². The summed E-state index contributed by atoms with van der Waals surface area (Å²) >= 11 is 0. The highest BCUT2D eigenvalue weighted by atomic mass is 19.1. The van der Waals surface area contributed by atoms with E-state index in [1.165, 1.54) is 17.1 Å². The van der Waals surface area contributed by atoms with E-state index < -0.39 is 11.7 Å². The lowest BCUT2D eigenvalue weighted by Crippen LogP contribution is -2.32. The number of tetrazole rings is 1. The van der Waals surface area contributed by atoms with Crippen molar-refractivity contribution in [3.05, 3.63) is 64.6 Å². The summed E-state index contributed by atoms with van der Waals surface area (Å²) in [7, 11) is 0. The molecule has 1 aliphatic heterocycles. The first-order valence-corrected chi connectivity index (χ1v) is 11.6. The van der Waals surface area contributed by atoms with Crippen LogP contribution in [0.5, 0.6) is 11.5 Å². The molecule has 0 fully saturated rings. The normalized spacial score (nSPS) is 13.3. The van der Waals surface area contributed by atoms with Crippen molar-refractivity contribution in [2.45, 2.75) is 26.7 Å². The van der Waals surface area contributed by atoms with Crippen LogP contribution >= 0.6 is 0 Å². The summed E-state index contributed by atoms with van der Waals surface area (Å²) < 4.78 is 26.2. The molecule has 0 saturated heterocycles. The highest BCUT2D eigenvalue weighted by molar-refractivity contribution is 6.03. The molecular weight excluding hydrogens is 481 g/mol. The molecule has 0 aliphatic carbocycles. The van der Waals surface area contributed by atoms with Crippen molar-refractivity contribution in [3.8, 4) is 11.5 Å². The second-order valence-electron chi connectivity index (χ2n) is 7.67. The van der Waals surface area contributed by atoms with E-state index in [2.05, 4.69) is 36.0 Å². The molecule has 0 bridgehead atoms. The Balaban J connectivity index is 1.53. The molecule has 0 atom stereocenters. The van der Waals surface area contributed by atoms with Crippen LogP contribution in [-0.4, -0.2) is 62.9 Å². The summed E-state index contributed by atoms with van der Waals surface area (Å²) in [6.45, 7) is 5.11. The van der Waals surface area contributed by atoms with E-state index in [4.69, 9.17) is 14.9 Å². The van der Waals surface area contributed by atoms with E-state index in [9.17, 15) is 9.18 Å². The van der Waals surface area contributed by atoms with Crippen molar-refractivity contribution < 1.29 is 18.7 Å². The van der Waals surface area contributed by atoms with E-state index in [0.717, 1.165) is 11.6 Å². The number of carbonyl (C=O) groups is 1. The van der Waals surface area contributed by atoms with Crippen molar-refractivity contribution in [1.82, 2.24) is 25.6 Å². The molecule has 1 aromatic heterocycles. The lowest BCUT2D eigenvalue weighted by Gasteiger charge is -2.24. The van der Waals surface area contributed by atoms with Gasteiger partial charge in [-0.2, -0.15) is 10.3 Å². The number of benzene rings is 2. The zero-order chi connectivity index (χ0) is 26.2. The van der Waals surface area contributed by atoms with Crippen LogP contribution in [0, 0.1) is 5.82 Å². The Morgan fingerprint density at radius 1 is 1.19 bits per heavy atom. The van der Waals surface area contributed by atoms with Gasteiger partial charge in [0.05, 0.1) is 30.2 Å². The number of hydrogen-bond donors (Lipinski definition) is 1. The number of aromatic amines is 1. The minimum atomic E-state index is -0.790. The molecule has 0 unspecified atom stereocenters. The van der Waals surface area contributed by atoms with Crippen LogP contribution < -0.4 is 9.47 Å². The number of carbonyl (C=O) groups excluding carboxylic acids is 1. The second-order valence-corrected chi connectivity index (χ2v) is 7.67. The van der Waals surface area contributed by atoms with Crippen molar-refractivity contribution in [1.29, 1.82) is 0 Å². The largest absolute Gasteiger partial charge is 0.761 e. The number of rotatable bonds is 9. The van der Waals surface area contributed by atoms with Gasteiger partial charge in [0.15, 0.2) is 17.2 Å². The summed E-state index contributed by atoms with van der Waals surface area (Å²) in [5.41, 5.74) is 1.23. The van der Waals surface area contributed by atoms with E-state index in [0.29, 0.717) is 49.8 Å². The lowest BCUT2D eigenvalue weighted by atomic mass is 10.0. The zero-order valence-electron chi connectivity index (χ0n) is 20.2. The maximum absolute atomic E-state index is 14.9. The Labute approximate surface area is 211 Å². The number of azo groups is 1. The molecule has 0 spiro atoms. The van der Waals surface area contributed by atoms with E-state index in [1.807, 2.05) is 32.0 Å². The first-order chi connectivity index (χ1) is 18.0. The van der Waals surface area contributed by atoms with Crippen LogP contribution in [-0.2, 0) is 0 Å². The fourth-order valence-electron chi connectivity index (χ4n) is 3.59. The summed E-state index contributed by atoms with van der Waals surface area (Å²) in [4.78, 5) is 13.1. The quantitative estimate of drug-likeness (QED) is 0.341. The van der Waals surface area contributed by atoms with Crippen molar-refractivity contribution >= 4 is 28.9 Å². The molecule has 13 heteroatoms. The number of H-pyrrole nitrogens is 1. The van der Waals surface area contributed by atoms with Crippen LogP contribution in [0.4, 0.5) is 10.1 Å². The molecule has 1 amide bonds. The Bertz CT molecular complexity index is 1380. The molecule has 0 radical (unpaired) electrons. The molecule has 3 aromatic rings. The fourth-order valence-corrected chi connectivity index (χ4v) is 3.59. The second kappa shape index (κ2) is 11.8. The smallest absolute Gasteiger partial charge is 0.276 e. The Hall–Kier alpha value is -4.77. The van der Waals surface area contributed by atoms with Gasteiger partial charge in [-0.05, 0) is 62.2 Å². The van der Waals surface area contributed by atoms with Gasteiger partial charge in [0, 0.05) is 18.2 Å². The molecule has 190 valence electrons. The monoisotopic (exact) mass is 504 g/mol. The molecule has 0 saturated carbocycles.